The van der Waals surface area contributed by atoms with Gasteiger partial charge >= 0.3 is 0 Å². The van der Waals surface area contributed by atoms with Crippen molar-refractivity contribution in [2.24, 2.45) is 0 Å². The Bertz CT molecular complexity index is 553. The van der Waals surface area contributed by atoms with Crippen LogP contribution in [-0.4, -0.2) is 24.2 Å². The predicted molar refractivity (Wildman–Crippen MR) is 80.8 cm³/mol. The molecule has 0 aliphatic carbocycles. The van der Waals surface area contributed by atoms with Gasteiger partial charge in [0.2, 0.25) is 0 Å². The summed E-state index contributed by atoms with van der Waals surface area (Å²) in [6.07, 6.45) is 3.65. The molecular formula is C12H11BrN2OS2. The minimum atomic E-state index is -0.0239. The van der Waals surface area contributed by atoms with Gasteiger partial charge in [-0.1, -0.05) is 0 Å². The van der Waals surface area contributed by atoms with Crippen molar-refractivity contribution in [3.63, 3.8) is 0 Å². The number of pyridine rings is 1. The van der Waals surface area contributed by atoms with E-state index in [1.807, 2.05) is 29.8 Å². The first-order valence-electron chi connectivity index (χ1n) is 5.14. The van der Waals surface area contributed by atoms with E-state index in [9.17, 15) is 4.79 Å². The van der Waals surface area contributed by atoms with E-state index in [1.165, 1.54) is 11.3 Å². The zero-order valence-corrected chi connectivity index (χ0v) is 13.1. The molecule has 0 radical (unpaired) electrons. The molecule has 0 N–H and O–H groups in total. The number of hydrogen-bond acceptors (Lipinski definition) is 4. The molecule has 0 aliphatic rings. The van der Waals surface area contributed by atoms with E-state index in [0.717, 1.165) is 14.2 Å². The zero-order chi connectivity index (χ0) is 13.1. The molecule has 2 aromatic rings. The summed E-state index contributed by atoms with van der Waals surface area (Å²) in [6.45, 7) is 0. The lowest BCUT2D eigenvalue weighted by Gasteiger charge is -2.15. The summed E-state index contributed by atoms with van der Waals surface area (Å²) in [6, 6.07) is 5.65. The molecule has 94 valence electrons. The fraction of sp³-hybridized carbons (Fsp3) is 0.167. The summed E-state index contributed by atoms with van der Waals surface area (Å²) in [7, 11) is 1.74. The highest BCUT2D eigenvalue weighted by atomic mass is 79.9. The zero-order valence-electron chi connectivity index (χ0n) is 9.88. The summed E-state index contributed by atoms with van der Waals surface area (Å²) < 4.78 is 0.896. The van der Waals surface area contributed by atoms with Crippen LogP contribution in [-0.2, 0) is 0 Å². The van der Waals surface area contributed by atoms with Gasteiger partial charge in [-0.15, -0.1) is 23.1 Å². The van der Waals surface area contributed by atoms with Gasteiger partial charge in [0.05, 0.1) is 0 Å². The molecule has 0 saturated carbocycles. The van der Waals surface area contributed by atoms with Crippen LogP contribution in [0.15, 0.2) is 39.1 Å². The Kier molecular flexibility index (Phi) is 4.42. The fourth-order valence-corrected chi connectivity index (χ4v) is 3.39. The molecule has 0 unspecified atom stereocenters. The molecule has 0 bridgehead atoms. The van der Waals surface area contributed by atoms with Crippen molar-refractivity contribution in [1.29, 1.82) is 0 Å². The van der Waals surface area contributed by atoms with Crippen molar-refractivity contribution in [3.8, 4) is 0 Å². The average Bonchev–Trinajstić information content (AvgIpc) is 2.86. The molecule has 0 saturated heterocycles. The van der Waals surface area contributed by atoms with Crippen molar-refractivity contribution >= 4 is 50.8 Å². The van der Waals surface area contributed by atoms with Gasteiger partial charge in [-0.05, 0) is 45.8 Å². The summed E-state index contributed by atoms with van der Waals surface area (Å²) in [4.78, 5) is 19.9. The average molecular weight is 343 g/mol. The molecule has 2 heterocycles. The molecule has 6 heteroatoms. The lowest BCUT2D eigenvalue weighted by Crippen LogP contribution is -2.26. The summed E-state index contributed by atoms with van der Waals surface area (Å²) in [5.74, 6) is 0.618. The van der Waals surface area contributed by atoms with Crippen molar-refractivity contribution in [3.05, 3.63) is 39.1 Å². The first-order valence-corrected chi connectivity index (χ1v) is 8.04. The van der Waals surface area contributed by atoms with E-state index < -0.39 is 0 Å². The van der Waals surface area contributed by atoms with Crippen LogP contribution in [0, 0.1) is 0 Å². The van der Waals surface area contributed by atoms with E-state index in [1.54, 1.807) is 29.9 Å². The Labute approximate surface area is 122 Å². The highest BCUT2D eigenvalue weighted by molar-refractivity contribution is 9.10. The first kappa shape index (κ1) is 13.6. The summed E-state index contributed by atoms with van der Waals surface area (Å²) >= 11 is 6.37. The normalized spacial score (nSPS) is 10.4. The summed E-state index contributed by atoms with van der Waals surface area (Å²) in [5, 5.41) is 1.93. The number of hydrogen-bond donors (Lipinski definition) is 0. The quantitative estimate of drug-likeness (QED) is 0.793. The smallest absolute Gasteiger partial charge is 0.270 e. The molecule has 2 aromatic heterocycles. The van der Waals surface area contributed by atoms with Crippen molar-refractivity contribution < 1.29 is 4.79 Å². The van der Waals surface area contributed by atoms with Crippen LogP contribution in [0.3, 0.4) is 0 Å². The van der Waals surface area contributed by atoms with Crippen molar-refractivity contribution in [2.75, 3.05) is 18.2 Å². The number of carbonyl (C=O) groups is 1. The molecule has 0 aromatic carbocycles. The molecule has 0 atom stereocenters. The van der Waals surface area contributed by atoms with E-state index in [2.05, 4.69) is 20.9 Å². The number of aromatic nitrogens is 1. The van der Waals surface area contributed by atoms with Crippen LogP contribution < -0.4 is 4.90 Å². The second kappa shape index (κ2) is 5.86. The van der Waals surface area contributed by atoms with Gasteiger partial charge in [0, 0.05) is 22.6 Å². The third-order valence-electron chi connectivity index (χ3n) is 2.40. The lowest BCUT2D eigenvalue weighted by molar-refractivity contribution is 0.0993. The Morgan fingerprint density at radius 1 is 1.44 bits per heavy atom. The number of halogens is 1. The highest BCUT2D eigenvalue weighted by Gasteiger charge is 2.18. The number of rotatable bonds is 3. The molecule has 0 spiro atoms. The van der Waals surface area contributed by atoms with Crippen LogP contribution in [0.5, 0.6) is 0 Å². The maximum atomic E-state index is 12.3. The number of nitrogens with zero attached hydrogens (tertiary/aromatic N) is 2. The van der Waals surface area contributed by atoms with E-state index in [0.29, 0.717) is 5.82 Å². The van der Waals surface area contributed by atoms with Gasteiger partial charge in [-0.2, -0.15) is 0 Å². The fourth-order valence-electron chi connectivity index (χ4n) is 1.44. The second-order valence-corrected chi connectivity index (χ2v) is 6.20. The lowest BCUT2D eigenvalue weighted by atomic mass is 10.4. The minimum absolute atomic E-state index is 0.0239. The van der Waals surface area contributed by atoms with E-state index >= 15 is 0 Å². The third-order valence-corrected chi connectivity index (χ3v) is 4.68. The predicted octanol–water partition coefficient (Wildman–Crippen LogP) is 3.90. The van der Waals surface area contributed by atoms with Crippen LogP contribution in [0.4, 0.5) is 5.82 Å². The largest absolute Gasteiger partial charge is 0.295 e. The van der Waals surface area contributed by atoms with Gasteiger partial charge in [0.25, 0.3) is 5.91 Å². The highest BCUT2D eigenvalue weighted by Crippen LogP contribution is 2.27. The number of carbonyl (C=O) groups excluding carboxylic acids is 1. The number of thioether (sulfide) groups is 1. The van der Waals surface area contributed by atoms with Gasteiger partial charge in [0.15, 0.2) is 0 Å². The Morgan fingerprint density at radius 2 is 2.22 bits per heavy atom. The maximum Gasteiger partial charge on any atom is 0.270 e. The number of thiophene rings is 1. The van der Waals surface area contributed by atoms with Crippen molar-refractivity contribution in [2.45, 2.75) is 4.90 Å². The molecule has 18 heavy (non-hydrogen) atoms. The molecular weight excluding hydrogens is 332 g/mol. The minimum Gasteiger partial charge on any atom is -0.295 e. The number of amides is 1. The van der Waals surface area contributed by atoms with Gasteiger partial charge in [0.1, 0.15) is 10.7 Å². The SMILES string of the molecule is CSc1ccsc1C(=O)N(C)c1ccc(Br)cn1. The van der Waals surface area contributed by atoms with E-state index in [4.69, 9.17) is 0 Å². The first-order chi connectivity index (χ1) is 8.63. The molecule has 3 nitrogen and oxygen atoms in total. The van der Waals surface area contributed by atoms with Gasteiger partial charge < -0.3 is 0 Å². The number of anilines is 1. The second-order valence-electron chi connectivity index (χ2n) is 3.52. The Morgan fingerprint density at radius 3 is 2.83 bits per heavy atom. The molecule has 0 aliphatic heterocycles. The molecule has 0 fully saturated rings. The van der Waals surface area contributed by atoms with Crippen LogP contribution in [0.25, 0.3) is 0 Å². The molecule has 2 rings (SSSR count). The standard InChI is InChI=1S/C12H11BrN2OS2/c1-15(10-4-3-8(13)7-14-10)12(16)11-9(17-2)5-6-18-11/h3-7H,1-2H3. The molecule has 1 amide bonds. The monoisotopic (exact) mass is 342 g/mol. The van der Waals surface area contributed by atoms with Crippen LogP contribution >= 0.6 is 39.0 Å². The van der Waals surface area contributed by atoms with Crippen LogP contribution in [0.1, 0.15) is 9.67 Å². The van der Waals surface area contributed by atoms with Crippen molar-refractivity contribution in [1.82, 2.24) is 4.98 Å². The summed E-state index contributed by atoms with van der Waals surface area (Å²) in [5.41, 5.74) is 0. The van der Waals surface area contributed by atoms with Gasteiger partial charge in [-0.25, -0.2) is 4.98 Å². The van der Waals surface area contributed by atoms with E-state index in [-0.39, 0.29) is 5.91 Å². The Balaban J connectivity index is 2.26. The topological polar surface area (TPSA) is 33.2 Å². The Hall–Kier alpha value is -0.850. The third kappa shape index (κ3) is 2.76. The maximum absolute atomic E-state index is 12.3. The van der Waals surface area contributed by atoms with Crippen LogP contribution in [0.2, 0.25) is 0 Å². The van der Waals surface area contributed by atoms with Gasteiger partial charge in [-0.3, -0.25) is 9.69 Å².